The Hall–Kier alpha value is -3.01. The maximum Gasteiger partial charge on any atom is 0.273 e. The van der Waals surface area contributed by atoms with Gasteiger partial charge in [-0.05, 0) is 35.6 Å². The molecule has 2 atom stereocenters. The van der Waals surface area contributed by atoms with E-state index in [9.17, 15) is 18.0 Å². The molecule has 0 aliphatic carbocycles. The van der Waals surface area contributed by atoms with Crippen molar-refractivity contribution in [3.8, 4) is 0 Å². The van der Waals surface area contributed by atoms with Crippen molar-refractivity contribution in [2.24, 2.45) is 10.9 Å². The average molecular weight is 530 g/mol. The second kappa shape index (κ2) is 10.3. The third kappa shape index (κ3) is 5.32. The van der Waals surface area contributed by atoms with Crippen LogP contribution < -0.4 is 9.62 Å². The molecular formula is C25H24ClN3O4S2. The van der Waals surface area contributed by atoms with Crippen molar-refractivity contribution in [1.29, 1.82) is 0 Å². The van der Waals surface area contributed by atoms with Gasteiger partial charge in [-0.3, -0.25) is 14.6 Å². The number of anilines is 1. The molecule has 2 amide bonds. The molecule has 182 valence electrons. The van der Waals surface area contributed by atoms with Crippen molar-refractivity contribution in [2.45, 2.75) is 30.5 Å². The molecule has 10 heteroatoms. The smallest absolute Gasteiger partial charge is 0.273 e. The fourth-order valence-electron chi connectivity index (χ4n) is 3.85. The lowest BCUT2D eigenvalue weighted by molar-refractivity contribution is -0.124. The van der Waals surface area contributed by atoms with E-state index in [1.165, 1.54) is 11.0 Å². The molecule has 0 spiro atoms. The number of carbonyl (C=O) groups excluding carboxylic acids is 2. The van der Waals surface area contributed by atoms with Crippen LogP contribution in [-0.4, -0.2) is 38.5 Å². The van der Waals surface area contributed by atoms with E-state index in [1.54, 1.807) is 29.6 Å². The summed E-state index contributed by atoms with van der Waals surface area (Å²) >= 11 is 7.33. The molecule has 1 N–H and O–H groups in total. The summed E-state index contributed by atoms with van der Waals surface area (Å²) in [4.78, 5) is 32.8. The van der Waals surface area contributed by atoms with Crippen LogP contribution in [0.4, 0.5) is 5.69 Å². The largest absolute Gasteiger partial charge is 0.300 e. The van der Waals surface area contributed by atoms with E-state index in [-0.39, 0.29) is 16.0 Å². The van der Waals surface area contributed by atoms with E-state index in [0.717, 1.165) is 16.9 Å². The number of rotatable bonds is 7. The van der Waals surface area contributed by atoms with Gasteiger partial charge in [0, 0.05) is 16.1 Å². The zero-order chi connectivity index (χ0) is 25.2. The molecule has 3 aromatic rings. The highest BCUT2D eigenvalue weighted by Gasteiger charge is 2.36. The summed E-state index contributed by atoms with van der Waals surface area (Å²) in [7, 11) is -4.03. The summed E-state index contributed by atoms with van der Waals surface area (Å²) in [6.45, 7) is 3.41. The van der Waals surface area contributed by atoms with Gasteiger partial charge in [-0.1, -0.05) is 68.3 Å². The van der Waals surface area contributed by atoms with E-state index >= 15 is 0 Å². The maximum absolute atomic E-state index is 13.8. The highest BCUT2D eigenvalue weighted by Crippen LogP contribution is 2.33. The lowest BCUT2D eigenvalue weighted by Crippen LogP contribution is -2.47. The third-order valence-electron chi connectivity index (χ3n) is 5.83. The molecule has 1 aromatic heterocycles. The van der Waals surface area contributed by atoms with E-state index in [1.807, 2.05) is 44.2 Å². The third-order valence-corrected chi connectivity index (χ3v) is 8.84. The average Bonchev–Trinajstić information content (AvgIpc) is 3.36. The minimum atomic E-state index is -4.03. The molecule has 0 radical (unpaired) electrons. The number of halogens is 1. The van der Waals surface area contributed by atoms with Crippen LogP contribution in [0.1, 0.15) is 31.4 Å². The predicted molar refractivity (Wildman–Crippen MR) is 139 cm³/mol. The standard InChI is InChI=1S/C25H24ClN3O4S2/c1-3-16(2)23-25(31)29(15-21(30)28-35(32,33)22-10-7-13-34-22)20-12-11-18(26)14-19(20)24(27-23)17-8-5-4-6-9-17/h4-14,16,23H,3,15H2,1-2H3,(H,28,30)/t16-,23-/m0/s1. The number of sulfonamides is 1. The Kier molecular flexibility index (Phi) is 7.39. The van der Waals surface area contributed by atoms with E-state index in [0.29, 0.717) is 28.4 Å². The second-order valence-corrected chi connectivity index (χ2v) is 11.5. The number of carbonyl (C=O) groups is 2. The number of hydrogen-bond donors (Lipinski definition) is 1. The second-order valence-electron chi connectivity index (χ2n) is 8.22. The molecule has 0 saturated heterocycles. The van der Waals surface area contributed by atoms with Crippen LogP contribution in [0.15, 0.2) is 75.2 Å². The number of nitrogens with one attached hydrogen (secondary N) is 1. The molecule has 1 aliphatic rings. The summed E-state index contributed by atoms with van der Waals surface area (Å²) in [5.74, 6) is -1.32. The number of thiophene rings is 1. The maximum atomic E-state index is 13.8. The van der Waals surface area contributed by atoms with E-state index < -0.39 is 28.5 Å². The summed E-state index contributed by atoms with van der Waals surface area (Å²) in [6.07, 6.45) is 0.686. The van der Waals surface area contributed by atoms with Crippen LogP contribution in [0.25, 0.3) is 0 Å². The number of benzene rings is 2. The van der Waals surface area contributed by atoms with Crippen LogP contribution >= 0.6 is 22.9 Å². The Morgan fingerprint density at radius 3 is 2.57 bits per heavy atom. The predicted octanol–water partition coefficient (Wildman–Crippen LogP) is 4.51. The first-order chi connectivity index (χ1) is 16.7. The summed E-state index contributed by atoms with van der Waals surface area (Å²) < 4.78 is 27.2. The minimum absolute atomic E-state index is 0.0207. The number of fused-ring (bicyclic) bond motifs is 1. The Morgan fingerprint density at radius 1 is 1.17 bits per heavy atom. The lowest BCUT2D eigenvalue weighted by atomic mass is 9.98. The quantitative estimate of drug-likeness (QED) is 0.487. The van der Waals surface area contributed by atoms with Crippen LogP contribution in [0, 0.1) is 5.92 Å². The topological polar surface area (TPSA) is 95.9 Å². The van der Waals surface area contributed by atoms with Gasteiger partial charge in [0.05, 0.1) is 11.4 Å². The summed E-state index contributed by atoms with van der Waals surface area (Å²) in [5, 5.41) is 2.06. The fraction of sp³-hybridized carbons (Fsp3) is 0.240. The van der Waals surface area contributed by atoms with Gasteiger partial charge in [0.2, 0.25) is 0 Å². The molecule has 4 rings (SSSR count). The van der Waals surface area contributed by atoms with Gasteiger partial charge in [0.15, 0.2) is 0 Å². The Balaban J connectivity index is 1.78. The molecule has 0 saturated carbocycles. The highest BCUT2D eigenvalue weighted by atomic mass is 35.5. The highest BCUT2D eigenvalue weighted by molar-refractivity contribution is 7.92. The fourth-order valence-corrected chi connectivity index (χ4v) is 5.99. The Morgan fingerprint density at radius 2 is 1.91 bits per heavy atom. The number of amides is 2. The van der Waals surface area contributed by atoms with Crippen LogP contribution in [0.3, 0.4) is 0 Å². The molecule has 0 fully saturated rings. The molecule has 35 heavy (non-hydrogen) atoms. The van der Waals surface area contributed by atoms with Gasteiger partial charge >= 0.3 is 0 Å². The summed E-state index contributed by atoms with van der Waals surface area (Å²) in [6, 6.07) is 16.7. The molecule has 7 nitrogen and oxygen atoms in total. The van der Waals surface area contributed by atoms with E-state index in [4.69, 9.17) is 16.6 Å². The van der Waals surface area contributed by atoms with Gasteiger partial charge in [-0.15, -0.1) is 11.3 Å². The lowest BCUT2D eigenvalue weighted by Gasteiger charge is -2.26. The number of hydrogen-bond acceptors (Lipinski definition) is 6. The molecule has 2 heterocycles. The van der Waals surface area contributed by atoms with Gasteiger partial charge < -0.3 is 4.90 Å². The van der Waals surface area contributed by atoms with Crippen LogP contribution in [0.2, 0.25) is 5.02 Å². The van der Waals surface area contributed by atoms with Crippen molar-refractivity contribution in [1.82, 2.24) is 4.72 Å². The number of aliphatic imine (C=N–C) groups is 1. The SMILES string of the molecule is CC[C@H](C)[C@@H]1N=C(c2ccccc2)c2cc(Cl)ccc2N(CC(=O)NS(=O)(=O)c2cccs2)C1=O. The monoisotopic (exact) mass is 529 g/mol. The van der Waals surface area contributed by atoms with Crippen molar-refractivity contribution in [2.75, 3.05) is 11.4 Å². The van der Waals surface area contributed by atoms with Crippen molar-refractivity contribution < 1.29 is 18.0 Å². The normalized spacial score (nSPS) is 16.8. The van der Waals surface area contributed by atoms with Crippen LogP contribution in [0.5, 0.6) is 0 Å². The zero-order valence-electron chi connectivity index (χ0n) is 19.1. The Bertz CT molecular complexity index is 1370. The van der Waals surface area contributed by atoms with Crippen molar-refractivity contribution >= 4 is 56.2 Å². The molecular weight excluding hydrogens is 506 g/mol. The summed E-state index contributed by atoms with van der Waals surface area (Å²) in [5.41, 5.74) is 2.44. The van der Waals surface area contributed by atoms with Gasteiger partial charge in [-0.2, -0.15) is 0 Å². The first-order valence-corrected chi connectivity index (χ1v) is 13.8. The van der Waals surface area contributed by atoms with Crippen molar-refractivity contribution in [3.05, 3.63) is 82.2 Å². The number of nitrogens with zero attached hydrogens (tertiary/aromatic N) is 2. The van der Waals surface area contributed by atoms with E-state index in [2.05, 4.69) is 4.72 Å². The molecule has 0 unspecified atom stereocenters. The number of benzodiazepines with no additional fused rings is 1. The first kappa shape index (κ1) is 25.1. The van der Waals surface area contributed by atoms with Gasteiger partial charge in [0.25, 0.3) is 21.8 Å². The minimum Gasteiger partial charge on any atom is -0.300 e. The van der Waals surface area contributed by atoms with Crippen molar-refractivity contribution in [3.63, 3.8) is 0 Å². The van der Waals surface area contributed by atoms with Gasteiger partial charge in [-0.25, -0.2) is 13.1 Å². The molecule has 2 aromatic carbocycles. The molecule has 0 bridgehead atoms. The van der Waals surface area contributed by atoms with Crippen LogP contribution in [-0.2, 0) is 19.6 Å². The zero-order valence-corrected chi connectivity index (χ0v) is 21.5. The molecule has 1 aliphatic heterocycles. The first-order valence-electron chi connectivity index (χ1n) is 11.0. The Labute approximate surface area is 213 Å². The van der Waals surface area contributed by atoms with Gasteiger partial charge in [0.1, 0.15) is 16.8 Å².